The molecule has 0 spiro atoms. The molecule has 3 atom stereocenters. The highest BCUT2D eigenvalue weighted by Gasteiger charge is 2.45. The van der Waals surface area contributed by atoms with Gasteiger partial charge >= 0.3 is 0 Å². The van der Waals surface area contributed by atoms with Crippen molar-refractivity contribution in [3.05, 3.63) is 83.0 Å². The van der Waals surface area contributed by atoms with E-state index in [2.05, 4.69) is 45.5 Å². The van der Waals surface area contributed by atoms with E-state index in [1.807, 2.05) is 30.5 Å². The molecule has 2 unspecified atom stereocenters. The van der Waals surface area contributed by atoms with Crippen LogP contribution >= 0.6 is 0 Å². The molecular weight excluding hydrogens is 438 g/mol. The van der Waals surface area contributed by atoms with Gasteiger partial charge in [-0.3, -0.25) is 10.1 Å². The number of benzene rings is 2. The largest absolute Gasteiger partial charge is 0.371 e. The first-order valence-electron chi connectivity index (χ1n) is 12.6. The summed E-state index contributed by atoms with van der Waals surface area (Å²) in [6, 6.07) is 21.6. The second kappa shape index (κ2) is 10.0. The van der Waals surface area contributed by atoms with E-state index in [4.69, 9.17) is 5.73 Å². The van der Waals surface area contributed by atoms with Crippen molar-refractivity contribution < 1.29 is 4.92 Å². The zero-order chi connectivity index (χ0) is 24.3. The van der Waals surface area contributed by atoms with Crippen LogP contribution in [0, 0.1) is 16.0 Å². The molecule has 1 aromatic heterocycles. The maximum Gasteiger partial charge on any atom is 0.269 e. The van der Waals surface area contributed by atoms with Gasteiger partial charge in [0.1, 0.15) is 5.82 Å². The Morgan fingerprint density at radius 1 is 1.00 bits per heavy atom. The van der Waals surface area contributed by atoms with Crippen LogP contribution in [0.4, 0.5) is 17.2 Å². The van der Waals surface area contributed by atoms with Crippen LogP contribution in [0.5, 0.6) is 0 Å². The van der Waals surface area contributed by atoms with E-state index in [-0.39, 0.29) is 22.2 Å². The van der Waals surface area contributed by atoms with Crippen LogP contribution in [-0.4, -0.2) is 34.6 Å². The quantitative estimate of drug-likeness (QED) is 0.357. The summed E-state index contributed by atoms with van der Waals surface area (Å²) in [6.45, 7) is 1.81. The Hall–Kier alpha value is -3.45. The SMILES string of the molecule is NC1([C@H]2CCCN(c3ccc([N+](=O)[O-])cc3)C2)CCCCC1Nc1cc(-c2ccccc2)ccn1. The summed E-state index contributed by atoms with van der Waals surface area (Å²) in [6.07, 6.45) is 8.34. The molecule has 0 amide bonds. The lowest BCUT2D eigenvalue weighted by atomic mass is 9.67. The fraction of sp³-hybridized carbons (Fsp3) is 0.393. The lowest BCUT2D eigenvalue weighted by molar-refractivity contribution is -0.384. The number of nitro benzene ring substituents is 1. The molecule has 1 aliphatic heterocycles. The van der Waals surface area contributed by atoms with Crippen LogP contribution in [0.2, 0.25) is 0 Å². The van der Waals surface area contributed by atoms with Crippen LogP contribution in [0.15, 0.2) is 72.9 Å². The van der Waals surface area contributed by atoms with Crippen molar-refractivity contribution in [1.82, 2.24) is 4.98 Å². The van der Waals surface area contributed by atoms with E-state index in [1.54, 1.807) is 12.1 Å². The third-order valence-corrected chi connectivity index (χ3v) is 7.80. The van der Waals surface area contributed by atoms with Gasteiger partial charge in [-0.15, -0.1) is 0 Å². The third-order valence-electron chi connectivity index (χ3n) is 7.80. The predicted octanol–water partition coefficient (Wildman–Crippen LogP) is 5.63. The highest BCUT2D eigenvalue weighted by Crippen LogP contribution is 2.39. The number of aromatic nitrogens is 1. The molecule has 0 bridgehead atoms. The van der Waals surface area contributed by atoms with E-state index in [0.717, 1.165) is 68.7 Å². The smallest absolute Gasteiger partial charge is 0.269 e. The number of nitro groups is 1. The Bertz CT molecular complexity index is 1150. The van der Waals surface area contributed by atoms with Gasteiger partial charge in [0.25, 0.3) is 5.69 Å². The van der Waals surface area contributed by atoms with Crippen molar-refractivity contribution in [2.24, 2.45) is 11.7 Å². The first-order valence-corrected chi connectivity index (χ1v) is 12.6. The number of rotatable bonds is 6. The van der Waals surface area contributed by atoms with Gasteiger partial charge in [-0.05, 0) is 67.0 Å². The van der Waals surface area contributed by atoms with Crippen molar-refractivity contribution in [2.45, 2.75) is 50.1 Å². The van der Waals surface area contributed by atoms with Crippen LogP contribution in [0.25, 0.3) is 11.1 Å². The number of non-ortho nitro benzene ring substituents is 1. The molecule has 0 radical (unpaired) electrons. The van der Waals surface area contributed by atoms with E-state index in [0.29, 0.717) is 5.92 Å². The molecule has 2 heterocycles. The van der Waals surface area contributed by atoms with Crippen molar-refractivity contribution in [3.8, 4) is 11.1 Å². The first-order chi connectivity index (χ1) is 17.0. The molecule has 35 heavy (non-hydrogen) atoms. The van der Waals surface area contributed by atoms with Gasteiger partial charge in [-0.25, -0.2) is 4.98 Å². The number of piperidine rings is 1. The Kier molecular flexibility index (Phi) is 6.68. The van der Waals surface area contributed by atoms with E-state index < -0.39 is 0 Å². The molecule has 2 aliphatic rings. The van der Waals surface area contributed by atoms with Crippen molar-refractivity contribution in [1.29, 1.82) is 0 Å². The minimum atomic E-state index is -0.350. The zero-order valence-electron chi connectivity index (χ0n) is 20.0. The minimum absolute atomic E-state index is 0.124. The van der Waals surface area contributed by atoms with Gasteiger partial charge in [0.05, 0.1) is 4.92 Å². The van der Waals surface area contributed by atoms with E-state index in [1.165, 1.54) is 5.56 Å². The topological polar surface area (TPSA) is 97.3 Å². The molecule has 182 valence electrons. The van der Waals surface area contributed by atoms with Crippen LogP contribution < -0.4 is 16.0 Å². The van der Waals surface area contributed by atoms with Crippen LogP contribution in [0.1, 0.15) is 38.5 Å². The maximum atomic E-state index is 11.0. The molecule has 3 N–H and O–H groups in total. The Morgan fingerprint density at radius 3 is 2.57 bits per heavy atom. The first kappa shape index (κ1) is 23.3. The molecule has 2 aromatic carbocycles. The number of hydrogen-bond donors (Lipinski definition) is 2. The normalized spacial score (nSPS) is 24.7. The lowest BCUT2D eigenvalue weighted by Crippen LogP contribution is -2.64. The predicted molar refractivity (Wildman–Crippen MR) is 141 cm³/mol. The van der Waals surface area contributed by atoms with Gasteiger partial charge < -0.3 is 16.0 Å². The summed E-state index contributed by atoms with van der Waals surface area (Å²) in [5, 5.41) is 14.8. The molecule has 1 saturated heterocycles. The minimum Gasteiger partial charge on any atom is -0.371 e. The number of hydrogen-bond acceptors (Lipinski definition) is 6. The number of nitrogens with two attached hydrogens (primary N) is 1. The third kappa shape index (κ3) is 5.00. The molecule has 2 fully saturated rings. The summed E-state index contributed by atoms with van der Waals surface area (Å²) in [5.74, 6) is 1.21. The molecule has 1 aliphatic carbocycles. The van der Waals surface area contributed by atoms with Crippen molar-refractivity contribution in [3.63, 3.8) is 0 Å². The Balaban J connectivity index is 1.34. The zero-order valence-corrected chi connectivity index (χ0v) is 20.0. The molecule has 1 saturated carbocycles. The molecule has 7 nitrogen and oxygen atoms in total. The Labute approximate surface area is 206 Å². The number of nitrogens with zero attached hydrogens (tertiary/aromatic N) is 3. The number of pyridine rings is 1. The van der Waals surface area contributed by atoms with Gasteiger partial charge in [0.15, 0.2) is 0 Å². The average Bonchev–Trinajstić information content (AvgIpc) is 2.91. The fourth-order valence-corrected chi connectivity index (χ4v) is 5.85. The highest BCUT2D eigenvalue weighted by molar-refractivity contribution is 5.66. The van der Waals surface area contributed by atoms with Crippen molar-refractivity contribution >= 4 is 17.2 Å². The molecule has 7 heteroatoms. The average molecular weight is 472 g/mol. The summed E-state index contributed by atoms with van der Waals surface area (Å²) in [7, 11) is 0. The summed E-state index contributed by atoms with van der Waals surface area (Å²) in [5.41, 5.74) is 10.4. The fourth-order valence-electron chi connectivity index (χ4n) is 5.85. The van der Waals surface area contributed by atoms with Gasteiger partial charge in [-0.1, -0.05) is 43.2 Å². The Morgan fingerprint density at radius 2 is 1.80 bits per heavy atom. The monoisotopic (exact) mass is 471 g/mol. The molecule has 5 rings (SSSR count). The summed E-state index contributed by atoms with van der Waals surface area (Å²) in [4.78, 5) is 17.7. The van der Waals surface area contributed by atoms with Gasteiger partial charge in [0.2, 0.25) is 0 Å². The standard InChI is InChI=1S/C28H33N5O2/c29-28(23-9-6-18-32(20-23)24-11-13-25(14-12-24)33(34)35)16-5-4-10-26(28)31-27-19-22(15-17-30-27)21-7-2-1-3-8-21/h1-3,7-8,11-15,17,19,23,26H,4-6,9-10,16,18,20,29H2,(H,30,31)/t23-,26?,28?/m0/s1. The van der Waals surface area contributed by atoms with E-state index >= 15 is 0 Å². The molecule has 3 aromatic rings. The second-order valence-electron chi connectivity index (χ2n) is 9.91. The van der Waals surface area contributed by atoms with Crippen LogP contribution in [-0.2, 0) is 0 Å². The van der Waals surface area contributed by atoms with Crippen molar-refractivity contribution in [2.75, 3.05) is 23.3 Å². The number of anilines is 2. The molecular formula is C28H33N5O2. The van der Waals surface area contributed by atoms with Gasteiger partial charge in [0, 0.05) is 48.7 Å². The summed E-state index contributed by atoms with van der Waals surface area (Å²) >= 11 is 0. The summed E-state index contributed by atoms with van der Waals surface area (Å²) < 4.78 is 0. The van der Waals surface area contributed by atoms with Gasteiger partial charge in [-0.2, -0.15) is 0 Å². The van der Waals surface area contributed by atoms with E-state index in [9.17, 15) is 10.1 Å². The lowest BCUT2D eigenvalue weighted by Gasteiger charge is -2.50. The highest BCUT2D eigenvalue weighted by atomic mass is 16.6. The van der Waals surface area contributed by atoms with Crippen LogP contribution in [0.3, 0.4) is 0 Å². The number of nitrogens with one attached hydrogen (secondary N) is 1. The second-order valence-corrected chi connectivity index (χ2v) is 9.91. The maximum absolute atomic E-state index is 11.0.